The van der Waals surface area contributed by atoms with Gasteiger partial charge in [0.05, 0.1) is 12.4 Å². The summed E-state index contributed by atoms with van der Waals surface area (Å²) >= 11 is 0. The number of hydrogen-bond acceptors (Lipinski definition) is 5. The number of anilines is 2. The largest absolute Gasteiger partial charge is 0.396 e. The molecule has 1 rings (SSSR count). The van der Waals surface area contributed by atoms with Crippen molar-refractivity contribution in [2.45, 2.75) is 26.2 Å². The van der Waals surface area contributed by atoms with Crippen LogP contribution in [0.1, 0.15) is 26.2 Å². The van der Waals surface area contributed by atoms with Gasteiger partial charge in [-0.2, -0.15) is 0 Å². The maximum atomic E-state index is 8.63. The van der Waals surface area contributed by atoms with Gasteiger partial charge >= 0.3 is 0 Å². The molecule has 1 aromatic rings. The fourth-order valence-electron chi connectivity index (χ4n) is 1.35. The average Bonchev–Trinajstić information content (AvgIpc) is 2.30. The van der Waals surface area contributed by atoms with Crippen LogP contribution >= 0.6 is 0 Å². The van der Waals surface area contributed by atoms with Crippen molar-refractivity contribution in [3.63, 3.8) is 0 Å². The Morgan fingerprint density at radius 3 is 2.56 bits per heavy atom. The zero-order chi connectivity index (χ0) is 11.6. The van der Waals surface area contributed by atoms with Crippen molar-refractivity contribution in [3.8, 4) is 0 Å². The Balaban J connectivity index is 2.27. The molecule has 0 bridgehead atoms. The zero-order valence-corrected chi connectivity index (χ0v) is 9.74. The van der Waals surface area contributed by atoms with E-state index in [9.17, 15) is 0 Å². The minimum atomic E-state index is 0.274. The molecule has 0 aromatic carbocycles. The molecular formula is C11H20N4O. The lowest BCUT2D eigenvalue weighted by atomic mass is 10.2. The van der Waals surface area contributed by atoms with Crippen molar-refractivity contribution in [2.24, 2.45) is 0 Å². The second-order valence-corrected chi connectivity index (χ2v) is 3.53. The van der Waals surface area contributed by atoms with Gasteiger partial charge in [-0.3, -0.25) is 4.98 Å². The molecule has 16 heavy (non-hydrogen) atoms. The number of aliphatic hydroxyl groups excluding tert-OH is 1. The highest BCUT2D eigenvalue weighted by atomic mass is 16.2. The third-order valence-electron chi connectivity index (χ3n) is 2.13. The van der Waals surface area contributed by atoms with E-state index in [-0.39, 0.29) is 6.61 Å². The van der Waals surface area contributed by atoms with E-state index in [1.165, 1.54) is 0 Å². The first-order valence-corrected chi connectivity index (χ1v) is 5.77. The Morgan fingerprint density at radius 1 is 1.12 bits per heavy atom. The van der Waals surface area contributed by atoms with Crippen LogP contribution < -0.4 is 10.6 Å². The molecule has 0 aliphatic heterocycles. The molecule has 5 heteroatoms. The standard InChI is InChI=1S/C11H20N4O/c1-2-13-10-8-12-9-11(15-10)14-6-4-3-5-7-16/h8-9,16H,2-7H2,1H3,(H2,13,14,15). The number of hydrogen-bond donors (Lipinski definition) is 3. The second kappa shape index (κ2) is 7.87. The van der Waals surface area contributed by atoms with E-state index in [1.54, 1.807) is 12.4 Å². The summed E-state index contributed by atoms with van der Waals surface area (Å²) in [6.07, 6.45) is 6.36. The fourth-order valence-corrected chi connectivity index (χ4v) is 1.35. The van der Waals surface area contributed by atoms with E-state index in [0.29, 0.717) is 0 Å². The van der Waals surface area contributed by atoms with Crippen molar-refractivity contribution < 1.29 is 5.11 Å². The van der Waals surface area contributed by atoms with Crippen LogP contribution in [0.25, 0.3) is 0 Å². The number of nitrogens with zero attached hydrogens (tertiary/aromatic N) is 2. The summed E-state index contributed by atoms with van der Waals surface area (Å²) in [5.74, 6) is 1.59. The van der Waals surface area contributed by atoms with Gasteiger partial charge in [-0.25, -0.2) is 4.98 Å². The third-order valence-corrected chi connectivity index (χ3v) is 2.13. The summed E-state index contributed by atoms with van der Waals surface area (Å²) in [6.45, 7) is 4.01. The lowest BCUT2D eigenvalue weighted by molar-refractivity contribution is 0.283. The summed E-state index contributed by atoms with van der Waals surface area (Å²) in [7, 11) is 0. The van der Waals surface area contributed by atoms with Crippen LogP contribution in [0.3, 0.4) is 0 Å². The van der Waals surface area contributed by atoms with Crippen LogP contribution in [0, 0.1) is 0 Å². The highest BCUT2D eigenvalue weighted by molar-refractivity contribution is 5.41. The Bertz CT molecular complexity index is 293. The minimum absolute atomic E-state index is 0.274. The second-order valence-electron chi connectivity index (χ2n) is 3.53. The highest BCUT2D eigenvalue weighted by Crippen LogP contribution is 2.06. The van der Waals surface area contributed by atoms with Crippen LogP contribution in [-0.2, 0) is 0 Å². The number of rotatable bonds is 8. The van der Waals surface area contributed by atoms with Crippen LogP contribution in [0.2, 0.25) is 0 Å². The Morgan fingerprint density at radius 2 is 1.88 bits per heavy atom. The molecule has 1 heterocycles. The third kappa shape index (κ3) is 4.93. The lowest BCUT2D eigenvalue weighted by Gasteiger charge is -2.07. The van der Waals surface area contributed by atoms with Crippen molar-refractivity contribution in [1.29, 1.82) is 0 Å². The molecule has 90 valence electrons. The Labute approximate surface area is 96.3 Å². The molecule has 0 saturated heterocycles. The van der Waals surface area contributed by atoms with Crippen LogP contribution in [0.15, 0.2) is 12.4 Å². The SMILES string of the molecule is CCNc1cncc(NCCCCCO)n1. The Hall–Kier alpha value is -1.36. The fraction of sp³-hybridized carbons (Fsp3) is 0.636. The smallest absolute Gasteiger partial charge is 0.146 e. The van der Waals surface area contributed by atoms with Gasteiger partial charge in [-0.05, 0) is 26.2 Å². The first-order chi connectivity index (χ1) is 7.86. The molecule has 0 atom stereocenters. The number of nitrogens with one attached hydrogen (secondary N) is 2. The van der Waals surface area contributed by atoms with Gasteiger partial charge in [0, 0.05) is 19.7 Å². The van der Waals surface area contributed by atoms with Gasteiger partial charge in [0.1, 0.15) is 11.6 Å². The molecule has 3 N–H and O–H groups in total. The van der Waals surface area contributed by atoms with Gasteiger partial charge in [0.2, 0.25) is 0 Å². The van der Waals surface area contributed by atoms with Crippen LogP contribution in [0.5, 0.6) is 0 Å². The highest BCUT2D eigenvalue weighted by Gasteiger charge is 1.96. The molecule has 0 fully saturated rings. The van der Waals surface area contributed by atoms with E-state index in [1.807, 2.05) is 6.92 Å². The molecule has 0 radical (unpaired) electrons. The zero-order valence-electron chi connectivity index (χ0n) is 9.74. The van der Waals surface area contributed by atoms with Gasteiger partial charge in [0.15, 0.2) is 0 Å². The maximum absolute atomic E-state index is 8.63. The van der Waals surface area contributed by atoms with E-state index in [4.69, 9.17) is 5.11 Å². The van der Waals surface area contributed by atoms with E-state index >= 15 is 0 Å². The topological polar surface area (TPSA) is 70.1 Å². The van der Waals surface area contributed by atoms with E-state index < -0.39 is 0 Å². The van der Waals surface area contributed by atoms with Crippen LogP contribution in [0.4, 0.5) is 11.6 Å². The van der Waals surface area contributed by atoms with Gasteiger partial charge in [-0.1, -0.05) is 0 Å². The first-order valence-electron chi connectivity index (χ1n) is 5.77. The quantitative estimate of drug-likeness (QED) is 0.583. The van der Waals surface area contributed by atoms with Crippen molar-refractivity contribution >= 4 is 11.6 Å². The van der Waals surface area contributed by atoms with Gasteiger partial charge in [-0.15, -0.1) is 0 Å². The monoisotopic (exact) mass is 224 g/mol. The summed E-state index contributed by atoms with van der Waals surface area (Å²) in [4.78, 5) is 8.44. The molecule has 5 nitrogen and oxygen atoms in total. The number of unbranched alkanes of at least 4 members (excludes halogenated alkanes) is 2. The maximum Gasteiger partial charge on any atom is 0.146 e. The normalized spacial score (nSPS) is 10.1. The van der Waals surface area contributed by atoms with Crippen molar-refractivity contribution in [2.75, 3.05) is 30.3 Å². The first kappa shape index (κ1) is 12.7. The van der Waals surface area contributed by atoms with Crippen molar-refractivity contribution in [1.82, 2.24) is 9.97 Å². The molecule has 0 aliphatic rings. The van der Waals surface area contributed by atoms with Crippen molar-refractivity contribution in [3.05, 3.63) is 12.4 Å². The summed E-state index contributed by atoms with van der Waals surface area (Å²) < 4.78 is 0. The average molecular weight is 224 g/mol. The van der Waals surface area contributed by atoms with Gasteiger partial charge in [0.25, 0.3) is 0 Å². The molecule has 0 spiro atoms. The lowest BCUT2D eigenvalue weighted by Crippen LogP contribution is -2.06. The van der Waals surface area contributed by atoms with Gasteiger partial charge < -0.3 is 15.7 Å². The number of aliphatic hydroxyl groups is 1. The van der Waals surface area contributed by atoms with E-state index in [2.05, 4.69) is 20.6 Å². The predicted molar refractivity (Wildman–Crippen MR) is 65.6 cm³/mol. The predicted octanol–water partition coefficient (Wildman–Crippen LogP) is 1.48. The molecule has 0 saturated carbocycles. The molecule has 0 aliphatic carbocycles. The molecule has 0 unspecified atom stereocenters. The molecule has 1 aromatic heterocycles. The molecule has 0 amide bonds. The minimum Gasteiger partial charge on any atom is -0.396 e. The molecular weight excluding hydrogens is 204 g/mol. The Kier molecular flexibility index (Phi) is 6.25. The number of aromatic nitrogens is 2. The summed E-state index contributed by atoms with van der Waals surface area (Å²) in [5, 5.41) is 14.9. The van der Waals surface area contributed by atoms with Crippen LogP contribution in [-0.4, -0.2) is 34.8 Å². The summed E-state index contributed by atoms with van der Waals surface area (Å²) in [6, 6.07) is 0. The van der Waals surface area contributed by atoms with E-state index in [0.717, 1.165) is 44.0 Å². The summed E-state index contributed by atoms with van der Waals surface area (Å²) in [5.41, 5.74) is 0.